The molecule has 6 aromatic carbocycles. The SMILES string of the molecule is Oc1ccc(P(c2ccccc2)c2ccccc2)c(-c2c(P(c3ccccc3)c3ccccc3)ccc3c2OCCO3)c1O. The first-order chi connectivity index (χ1) is 21.7. The molecule has 0 fully saturated rings. The minimum Gasteiger partial charge on any atom is -0.504 e. The number of phenolic OH excluding ortho intramolecular Hbond substituents is 2. The van der Waals surface area contributed by atoms with E-state index in [-0.39, 0.29) is 11.5 Å². The van der Waals surface area contributed by atoms with Gasteiger partial charge >= 0.3 is 0 Å². The maximum atomic E-state index is 11.9. The fourth-order valence-electron chi connectivity index (χ4n) is 5.70. The maximum absolute atomic E-state index is 11.9. The highest BCUT2D eigenvalue weighted by Crippen LogP contribution is 2.51. The van der Waals surface area contributed by atoms with Gasteiger partial charge in [-0.2, -0.15) is 0 Å². The fourth-order valence-corrected chi connectivity index (χ4v) is 10.6. The Labute approximate surface area is 259 Å². The van der Waals surface area contributed by atoms with E-state index in [9.17, 15) is 10.2 Å². The molecule has 1 aliphatic rings. The number of benzene rings is 6. The third-order valence-corrected chi connectivity index (χ3v) is 12.6. The lowest BCUT2D eigenvalue weighted by Gasteiger charge is -2.30. The van der Waals surface area contributed by atoms with Crippen LogP contribution < -0.4 is 41.3 Å². The smallest absolute Gasteiger partial charge is 0.169 e. The maximum Gasteiger partial charge on any atom is 0.169 e. The summed E-state index contributed by atoms with van der Waals surface area (Å²) in [6, 6.07) is 49.3. The van der Waals surface area contributed by atoms with Crippen molar-refractivity contribution in [3.63, 3.8) is 0 Å². The topological polar surface area (TPSA) is 58.9 Å². The summed E-state index contributed by atoms with van der Waals surface area (Å²) < 4.78 is 12.5. The van der Waals surface area contributed by atoms with Crippen molar-refractivity contribution in [1.29, 1.82) is 0 Å². The highest BCUT2D eigenvalue weighted by atomic mass is 31.1. The van der Waals surface area contributed by atoms with Gasteiger partial charge in [-0.1, -0.05) is 121 Å². The number of rotatable bonds is 7. The van der Waals surface area contributed by atoms with Gasteiger partial charge in [-0.15, -0.1) is 0 Å². The molecule has 0 radical (unpaired) electrons. The average molecular weight is 613 g/mol. The summed E-state index contributed by atoms with van der Waals surface area (Å²) in [6.07, 6.45) is 0. The normalized spacial score (nSPS) is 12.4. The summed E-state index contributed by atoms with van der Waals surface area (Å²) in [5.41, 5.74) is 1.32. The van der Waals surface area contributed by atoms with Gasteiger partial charge < -0.3 is 19.7 Å². The molecule has 216 valence electrons. The van der Waals surface area contributed by atoms with Crippen molar-refractivity contribution in [2.45, 2.75) is 0 Å². The quantitative estimate of drug-likeness (QED) is 0.170. The zero-order valence-electron chi connectivity index (χ0n) is 23.9. The molecular weight excluding hydrogens is 582 g/mol. The van der Waals surface area contributed by atoms with Gasteiger partial charge in [0.1, 0.15) is 13.2 Å². The third kappa shape index (κ3) is 5.33. The largest absolute Gasteiger partial charge is 0.504 e. The van der Waals surface area contributed by atoms with Crippen LogP contribution in [0.5, 0.6) is 23.0 Å². The summed E-state index contributed by atoms with van der Waals surface area (Å²) in [4.78, 5) is 0. The standard InChI is InChI=1S/C38H30O4P2/c39-31-21-23-33(43(27-13-5-1-6-14-27)28-15-7-2-8-16-28)35(37(31)40)36-34(24-22-32-38(36)42-26-25-41-32)44(29-17-9-3-10-18-29)30-19-11-4-12-20-30/h1-24,39-40H,25-26H2. The zero-order chi connectivity index (χ0) is 29.9. The van der Waals surface area contributed by atoms with E-state index < -0.39 is 15.8 Å². The van der Waals surface area contributed by atoms with Crippen molar-refractivity contribution in [3.05, 3.63) is 146 Å². The van der Waals surface area contributed by atoms with Crippen molar-refractivity contribution in [1.82, 2.24) is 0 Å². The number of fused-ring (bicyclic) bond motifs is 1. The molecule has 2 N–H and O–H groups in total. The zero-order valence-corrected chi connectivity index (χ0v) is 25.7. The Kier molecular flexibility index (Phi) is 8.03. The third-order valence-electron chi connectivity index (χ3n) is 7.61. The lowest BCUT2D eigenvalue weighted by atomic mass is 10.0. The Morgan fingerprint density at radius 2 is 0.841 bits per heavy atom. The molecular formula is C38H30O4P2. The molecule has 0 bridgehead atoms. The number of ether oxygens (including phenoxy) is 2. The number of aromatic hydroxyl groups is 2. The summed E-state index contributed by atoms with van der Waals surface area (Å²) in [5, 5.41) is 29.5. The average Bonchev–Trinajstić information content (AvgIpc) is 3.09. The van der Waals surface area contributed by atoms with Gasteiger partial charge in [-0.05, 0) is 71.9 Å². The molecule has 1 aliphatic heterocycles. The molecule has 0 atom stereocenters. The molecule has 44 heavy (non-hydrogen) atoms. The summed E-state index contributed by atoms with van der Waals surface area (Å²) in [7, 11) is -2.22. The van der Waals surface area contributed by atoms with Crippen LogP contribution in [0.2, 0.25) is 0 Å². The van der Waals surface area contributed by atoms with Gasteiger partial charge in [0, 0.05) is 11.1 Å². The predicted molar refractivity (Wildman–Crippen MR) is 184 cm³/mol. The number of phenols is 2. The predicted octanol–water partition coefficient (Wildman–Crippen LogP) is 6.05. The van der Waals surface area contributed by atoms with Crippen LogP contribution in [0.3, 0.4) is 0 Å². The minimum absolute atomic E-state index is 0.165. The van der Waals surface area contributed by atoms with E-state index in [1.165, 1.54) is 10.6 Å². The molecule has 0 unspecified atom stereocenters. The molecule has 6 heteroatoms. The number of hydrogen-bond donors (Lipinski definition) is 2. The van der Waals surface area contributed by atoms with Crippen LogP contribution in [0.1, 0.15) is 0 Å². The number of hydrogen-bond acceptors (Lipinski definition) is 4. The molecule has 4 nitrogen and oxygen atoms in total. The lowest BCUT2D eigenvalue weighted by Crippen LogP contribution is -2.27. The highest BCUT2D eigenvalue weighted by Gasteiger charge is 2.33. The molecule has 1 heterocycles. The van der Waals surface area contributed by atoms with Gasteiger partial charge in [0.05, 0.1) is 0 Å². The van der Waals surface area contributed by atoms with Crippen molar-refractivity contribution < 1.29 is 19.7 Å². The van der Waals surface area contributed by atoms with E-state index in [2.05, 4.69) is 78.9 Å². The Bertz CT molecular complexity index is 1800. The van der Waals surface area contributed by atoms with Crippen molar-refractivity contribution in [2.24, 2.45) is 0 Å². The van der Waals surface area contributed by atoms with E-state index in [1.54, 1.807) is 6.07 Å². The molecule has 0 spiro atoms. The molecule has 0 aliphatic carbocycles. The molecule has 0 aromatic heterocycles. The highest BCUT2D eigenvalue weighted by molar-refractivity contribution is 7.80. The van der Waals surface area contributed by atoms with E-state index >= 15 is 0 Å². The van der Waals surface area contributed by atoms with E-state index in [0.29, 0.717) is 30.3 Å². The summed E-state index contributed by atoms with van der Waals surface area (Å²) >= 11 is 0. The van der Waals surface area contributed by atoms with E-state index in [4.69, 9.17) is 9.47 Å². The Morgan fingerprint density at radius 3 is 1.32 bits per heavy atom. The van der Waals surface area contributed by atoms with Gasteiger partial charge in [-0.25, -0.2) is 0 Å². The first-order valence-electron chi connectivity index (χ1n) is 14.5. The molecule has 7 rings (SSSR count). The lowest BCUT2D eigenvalue weighted by molar-refractivity contribution is 0.172. The van der Waals surface area contributed by atoms with Gasteiger partial charge in [-0.3, -0.25) is 0 Å². The van der Waals surface area contributed by atoms with Crippen LogP contribution in [-0.2, 0) is 0 Å². The molecule has 0 saturated carbocycles. The Balaban J connectivity index is 1.58. The second-order valence-corrected chi connectivity index (χ2v) is 14.7. The van der Waals surface area contributed by atoms with E-state index in [1.807, 2.05) is 60.7 Å². The summed E-state index contributed by atoms with van der Waals surface area (Å²) in [6.45, 7) is 0.830. The first-order valence-corrected chi connectivity index (χ1v) is 17.2. The second-order valence-electron chi connectivity index (χ2n) is 10.3. The monoisotopic (exact) mass is 612 g/mol. The van der Waals surface area contributed by atoms with Crippen LogP contribution in [0.15, 0.2) is 146 Å². The Hall–Kier alpha value is -4.62. The van der Waals surface area contributed by atoms with Gasteiger partial charge in [0.2, 0.25) is 0 Å². The van der Waals surface area contributed by atoms with E-state index in [0.717, 1.165) is 26.8 Å². The van der Waals surface area contributed by atoms with Crippen LogP contribution in [0.4, 0.5) is 0 Å². The summed E-state index contributed by atoms with van der Waals surface area (Å²) in [5.74, 6) is 0.875. The second kappa shape index (κ2) is 12.5. The van der Waals surface area contributed by atoms with Crippen LogP contribution in [0.25, 0.3) is 11.1 Å². The van der Waals surface area contributed by atoms with Crippen molar-refractivity contribution >= 4 is 47.7 Å². The fraction of sp³-hybridized carbons (Fsp3) is 0.0526. The molecule has 0 amide bonds. The Morgan fingerprint density at radius 1 is 0.432 bits per heavy atom. The molecule has 6 aromatic rings. The van der Waals surface area contributed by atoms with Crippen LogP contribution >= 0.6 is 15.8 Å². The van der Waals surface area contributed by atoms with Crippen LogP contribution in [0, 0.1) is 0 Å². The first kappa shape index (κ1) is 28.2. The van der Waals surface area contributed by atoms with Gasteiger partial charge in [0.15, 0.2) is 23.0 Å². The van der Waals surface area contributed by atoms with Crippen LogP contribution in [-0.4, -0.2) is 23.4 Å². The van der Waals surface area contributed by atoms with Crippen molar-refractivity contribution in [3.8, 4) is 34.1 Å². The van der Waals surface area contributed by atoms with Crippen molar-refractivity contribution in [2.75, 3.05) is 13.2 Å². The minimum atomic E-state index is -1.13. The molecule has 0 saturated heterocycles. The van der Waals surface area contributed by atoms with Gasteiger partial charge in [0.25, 0.3) is 0 Å².